The van der Waals surface area contributed by atoms with Gasteiger partial charge in [-0.15, -0.1) is 0 Å². The number of benzene rings is 1. The lowest BCUT2D eigenvalue weighted by Crippen LogP contribution is -2.58. The summed E-state index contributed by atoms with van der Waals surface area (Å²) in [7, 11) is 0. The second-order valence-electron chi connectivity index (χ2n) is 11.7. The summed E-state index contributed by atoms with van der Waals surface area (Å²) in [6.45, 7) is 6.68. The number of aliphatic carboxylic acids is 1. The highest BCUT2D eigenvalue weighted by atomic mass is 16.4. The second kappa shape index (κ2) is 14.6. The van der Waals surface area contributed by atoms with Crippen LogP contribution in [0.15, 0.2) is 48.8 Å². The summed E-state index contributed by atoms with van der Waals surface area (Å²) in [6, 6.07) is 6.06. The minimum Gasteiger partial charge on any atom is -0.508 e. The van der Waals surface area contributed by atoms with Gasteiger partial charge in [0.05, 0.1) is 6.04 Å². The highest BCUT2D eigenvalue weighted by Gasteiger charge is 2.32. The second-order valence-corrected chi connectivity index (χ2v) is 11.7. The molecule has 222 valence electrons. The largest absolute Gasteiger partial charge is 0.508 e. The molecular weight excluding hydrogens is 526 g/mol. The van der Waals surface area contributed by atoms with Crippen molar-refractivity contribution in [1.82, 2.24) is 26.3 Å². The molecule has 0 bridgehead atoms. The Kier molecular flexibility index (Phi) is 11.2. The molecule has 2 heterocycles. The molecule has 4 atom stereocenters. The van der Waals surface area contributed by atoms with E-state index < -0.39 is 42.0 Å². The highest BCUT2D eigenvalue weighted by molar-refractivity contribution is 5.94. The first-order valence-electron chi connectivity index (χ1n) is 14.0. The molecule has 1 aromatic carbocycles. The van der Waals surface area contributed by atoms with Gasteiger partial charge in [-0.25, -0.2) is 4.79 Å². The molecule has 1 fully saturated rings. The van der Waals surface area contributed by atoms with E-state index >= 15 is 0 Å². The van der Waals surface area contributed by atoms with Crippen LogP contribution in [0, 0.1) is 5.41 Å². The maximum Gasteiger partial charge on any atom is 0.326 e. The number of nitrogens with one attached hydrogen (secondary N) is 4. The number of phenols is 1. The molecule has 3 rings (SSSR count). The summed E-state index contributed by atoms with van der Waals surface area (Å²) in [6.07, 6.45) is 5.65. The van der Waals surface area contributed by atoms with Crippen molar-refractivity contribution in [3.05, 3.63) is 59.9 Å². The predicted octanol–water partition coefficient (Wildman–Crippen LogP) is 1.69. The van der Waals surface area contributed by atoms with E-state index in [0.29, 0.717) is 24.9 Å². The third kappa shape index (κ3) is 10.5. The topological polar surface area (TPSA) is 170 Å². The van der Waals surface area contributed by atoms with Gasteiger partial charge in [-0.3, -0.25) is 19.4 Å². The van der Waals surface area contributed by atoms with Crippen molar-refractivity contribution in [2.24, 2.45) is 5.41 Å². The Hall–Kier alpha value is -3.99. The zero-order valence-electron chi connectivity index (χ0n) is 23.9. The average Bonchev–Trinajstić information content (AvgIpc) is 3.46. The van der Waals surface area contributed by atoms with Gasteiger partial charge in [0.2, 0.25) is 17.7 Å². The molecule has 11 nitrogen and oxygen atoms in total. The summed E-state index contributed by atoms with van der Waals surface area (Å²) in [5.74, 6) is -2.62. The van der Waals surface area contributed by atoms with Gasteiger partial charge in [-0.1, -0.05) is 32.9 Å². The normalized spacial score (nSPS) is 17.2. The number of hydrogen-bond donors (Lipinski definition) is 6. The van der Waals surface area contributed by atoms with E-state index in [1.165, 1.54) is 12.1 Å². The first-order valence-corrected chi connectivity index (χ1v) is 14.0. The number of nitrogens with zero attached hydrogens (tertiary/aromatic N) is 1. The summed E-state index contributed by atoms with van der Waals surface area (Å²) in [4.78, 5) is 56.0. The number of hydrogen-bond acceptors (Lipinski definition) is 7. The Morgan fingerprint density at radius 1 is 0.902 bits per heavy atom. The molecule has 0 saturated carbocycles. The van der Waals surface area contributed by atoms with Crippen LogP contribution in [0.3, 0.4) is 0 Å². The van der Waals surface area contributed by atoms with Crippen molar-refractivity contribution in [1.29, 1.82) is 0 Å². The number of carboxylic acids is 1. The summed E-state index contributed by atoms with van der Waals surface area (Å²) in [5, 5.41) is 30.7. The first kappa shape index (κ1) is 31.5. The van der Waals surface area contributed by atoms with Gasteiger partial charge >= 0.3 is 5.97 Å². The number of aromatic hydroxyl groups is 1. The van der Waals surface area contributed by atoms with Crippen LogP contribution in [-0.2, 0) is 32.0 Å². The fraction of sp³-hybridized carbons (Fsp3) is 0.500. The van der Waals surface area contributed by atoms with Gasteiger partial charge < -0.3 is 31.5 Å². The molecule has 0 radical (unpaired) electrons. The van der Waals surface area contributed by atoms with Gasteiger partial charge in [-0.05, 0) is 73.0 Å². The number of pyridine rings is 1. The number of phenolic OH excluding ortho intramolecular Hbond substituents is 1. The minimum atomic E-state index is -1.15. The van der Waals surface area contributed by atoms with Crippen molar-refractivity contribution in [2.75, 3.05) is 6.54 Å². The van der Waals surface area contributed by atoms with Gasteiger partial charge in [0.25, 0.3) is 0 Å². The summed E-state index contributed by atoms with van der Waals surface area (Å²) >= 11 is 0. The lowest BCUT2D eigenvalue weighted by atomic mass is 9.88. The molecule has 1 aliphatic rings. The highest BCUT2D eigenvalue weighted by Crippen LogP contribution is 2.22. The number of rotatable bonds is 13. The number of amides is 3. The van der Waals surface area contributed by atoms with E-state index in [2.05, 4.69) is 26.3 Å². The van der Waals surface area contributed by atoms with Crippen molar-refractivity contribution in [3.63, 3.8) is 0 Å². The SMILES string of the molecule is CC(C)(C)CCC(NC(=O)C(Cc1ccncc1)NC(=O)C(Cc1ccc(O)cc1)NC(=O)[C@@H]1CCCN1)C(=O)O. The van der Waals surface area contributed by atoms with Gasteiger partial charge in [0, 0.05) is 25.2 Å². The van der Waals surface area contributed by atoms with Crippen LogP contribution < -0.4 is 21.3 Å². The number of carboxylic acid groups (broad SMARTS) is 1. The molecule has 3 unspecified atom stereocenters. The molecule has 6 N–H and O–H groups in total. The van der Waals surface area contributed by atoms with Crippen LogP contribution >= 0.6 is 0 Å². The Bertz CT molecular complexity index is 1180. The Labute approximate surface area is 240 Å². The van der Waals surface area contributed by atoms with E-state index in [1.807, 2.05) is 20.8 Å². The summed E-state index contributed by atoms with van der Waals surface area (Å²) in [5.41, 5.74) is 1.29. The molecule has 41 heavy (non-hydrogen) atoms. The van der Waals surface area contributed by atoms with Gasteiger partial charge in [-0.2, -0.15) is 0 Å². The van der Waals surface area contributed by atoms with Gasteiger partial charge in [0.15, 0.2) is 0 Å². The molecule has 3 amide bonds. The van der Waals surface area contributed by atoms with Crippen molar-refractivity contribution >= 4 is 23.7 Å². The maximum atomic E-state index is 13.6. The van der Waals surface area contributed by atoms with Gasteiger partial charge in [0.1, 0.15) is 23.9 Å². The van der Waals surface area contributed by atoms with Crippen LogP contribution in [0.4, 0.5) is 0 Å². The molecule has 11 heteroatoms. The zero-order chi connectivity index (χ0) is 30.0. The Morgan fingerprint density at radius 2 is 1.46 bits per heavy atom. The number of carbonyl (C=O) groups is 4. The lowest BCUT2D eigenvalue weighted by molar-refractivity contribution is -0.142. The third-order valence-corrected chi connectivity index (χ3v) is 7.01. The van der Waals surface area contributed by atoms with E-state index in [-0.39, 0.29) is 36.3 Å². The van der Waals surface area contributed by atoms with Crippen LogP contribution in [0.2, 0.25) is 0 Å². The van der Waals surface area contributed by atoms with E-state index in [0.717, 1.165) is 12.0 Å². The molecule has 1 aliphatic heterocycles. The predicted molar refractivity (Wildman–Crippen MR) is 153 cm³/mol. The zero-order valence-corrected chi connectivity index (χ0v) is 23.9. The quantitative estimate of drug-likeness (QED) is 0.212. The standard InChI is InChI=1S/C30H41N5O6/c1-30(2,3)13-10-23(29(40)41)33-27(38)25(18-20-11-15-31-16-12-20)35-28(39)24(17-19-6-8-21(36)9-7-19)34-26(37)22-5-4-14-32-22/h6-9,11-12,15-16,22-25,32,36H,4-5,10,13-14,17-18H2,1-3H3,(H,33,38)(H,34,37)(H,35,39)(H,40,41)/t22-,23?,24?,25?/m0/s1. The number of aromatic nitrogens is 1. The van der Waals surface area contributed by atoms with E-state index in [9.17, 15) is 29.4 Å². The van der Waals surface area contributed by atoms with Crippen LogP contribution in [0.5, 0.6) is 5.75 Å². The fourth-order valence-corrected chi connectivity index (χ4v) is 4.60. The van der Waals surface area contributed by atoms with Crippen molar-refractivity contribution in [2.45, 2.75) is 83.5 Å². The minimum absolute atomic E-state index is 0.0717. The lowest BCUT2D eigenvalue weighted by Gasteiger charge is -2.26. The molecule has 0 aliphatic carbocycles. The first-order chi connectivity index (χ1) is 19.4. The average molecular weight is 568 g/mol. The van der Waals surface area contributed by atoms with Crippen LogP contribution in [-0.4, -0.2) is 69.6 Å². The van der Waals surface area contributed by atoms with Crippen molar-refractivity contribution in [3.8, 4) is 5.75 Å². The van der Waals surface area contributed by atoms with Crippen molar-refractivity contribution < 1.29 is 29.4 Å². The van der Waals surface area contributed by atoms with Crippen LogP contribution in [0.1, 0.15) is 57.6 Å². The molecule has 2 aromatic rings. The molecule has 1 aromatic heterocycles. The fourth-order valence-electron chi connectivity index (χ4n) is 4.60. The molecule has 1 saturated heterocycles. The summed E-state index contributed by atoms with van der Waals surface area (Å²) < 4.78 is 0. The smallest absolute Gasteiger partial charge is 0.326 e. The Morgan fingerprint density at radius 3 is 2.00 bits per heavy atom. The maximum absolute atomic E-state index is 13.6. The monoisotopic (exact) mass is 567 g/mol. The molecule has 0 spiro atoms. The van der Waals surface area contributed by atoms with Crippen LogP contribution in [0.25, 0.3) is 0 Å². The Balaban J connectivity index is 1.81. The number of carbonyl (C=O) groups excluding carboxylic acids is 3. The van der Waals surface area contributed by atoms with E-state index in [1.54, 1.807) is 36.7 Å². The molecular formula is C30H41N5O6. The third-order valence-electron chi connectivity index (χ3n) is 7.01. The van der Waals surface area contributed by atoms with E-state index in [4.69, 9.17) is 0 Å².